The molecular formula is C33H35NO3. The first-order valence-corrected chi connectivity index (χ1v) is 13.8. The fourth-order valence-electron chi connectivity index (χ4n) is 7.01. The molecule has 0 aromatic heterocycles. The van der Waals surface area contributed by atoms with Crippen molar-refractivity contribution in [3.05, 3.63) is 95.1 Å². The first kappa shape index (κ1) is 24.0. The van der Waals surface area contributed by atoms with Crippen molar-refractivity contribution in [3.8, 4) is 11.1 Å². The van der Waals surface area contributed by atoms with E-state index in [1.165, 1.54) is 22.3 Å². The summed E-state index contributed by atoms with van der Waals surface area (Å²) in [6, 6.07) is 25.0. The lowest BCUT2D eigenvalue weighted by Gasteiger charge is -2.47. The van der Waals surface area contributed by atoms with Gasteiger partial charge in [-0.2, -0.15) is 0 Å². The summed E-state index contributed by atoms with van der Waals surface area (Å²) in [5, 5.41) is 0. The lowest BCUT2D eigenvalue weighted by molar-refractivity contribution is 0.00648. The van der Waals surface area contributed by atoms with Crippen LogP contribution in [0, 0.1) is 5.92 Å². The summed E-state index contributed by atoms with van der Waals surface area (Å²) in [6.07, 6.45) is 4.22. The summed E-state index contributed by atoms with van der Waals surface area (Å²) < 4.78 is 6.05. The molecule has 3 aromatic carbocycles. The molecule has 0 radical (unpaired) electrons. The maximum Gasteiger partial charge on any atom is 0.410 e. The highest BCUT2D eigenvalue weighted by Gasteiger charge is 2.44. The SMILES string of the molecule is CC(C)c1ccccc1C(=O)C1CC2CCCC(C1)N2C(=O)OCC1c2ccccc2-c2ccccc21. The third-order valence-corrected chi connectivity index (χ3v) is 8.74. The third-order valence-electron chi connectivity index (χ3n) is 8.74. The van der Waals surface area contributed by atoms with Crippen molar-refractivity contribution in [3.63, 3.8) is 0 Å². The molecule has 0 saturated carbocycles. The predicted octanol–water partition coefficient (Wildman–Crippen LogP) is 7.57. The molecule has 2 fully saturated rings. The van der Waals surface area contributed by atoms with Crippen LogP contribution in [-0.4, -0.2) is 35.5 Å². The van der Waals surface area contributed by atoms with Crippen LogP contribution in [0.3, 0.4) is 0 Å². The number of fused-ring (bicyclic) bond motifs is 5. The van der Waals surface area contributed by atoms with Crippen molar-refractivity contribution in [2.75, 3.05) is 6.61 Å². The number of ether oxygens (including phenoxy) is 1. The minimum Gasteiger partial charge on any atom is -0.448 e. The molecule has 4 nitrogen and oxygen atoms in total. The van der Waals surface area contributed by atoms with Gasteiger partial charge in [0.15, 0.2) is 5.78 Å². The first-order chi connectivity index (χ1) is 18.0. The van der Waals surface area contributed by atoms with Gasteiger partial charge in [-0.25, -0.2) is 4.79 Å². The fraction of sp³-hybridized carbons (Fsp3) is 0.394. The van der Waals surface area contributed by atoms with Gasteiger partial charge in [-0.05, 0) is 65.8 Å². The second-order valence-corrected chi connectivity index (χ2v) is 11.2. The molecule has 1 amide bonds. The van der Waals surface area contributed by atoms with E-state index in [0.717, 1.165) is 43.2 Å². The Bertz CT molecular complexity index is 1270. The fourth-order valence-corrected chi connectivity index (χ4v) is 7.01. The van der Waals surface area contributed by atoms with Crippen LogP contribution >= 0.6 is 0 Å². The van der Waals surface area contributed by atoms with Crippen LogP contribution in [0.4, 0.5) is 4.79 Å². The van der Waals surface area contributed by atoms with Crippen LogP contribution in [-0.2, 0) is 4.74 Å². The summed E-state index contributed by atoms with van der Waals surface area (Å²) in [5.41, 5.74) is 6.90. The van der Waals surface area contributed by atoms with E-state index in [1.807, 2.05) is 23.1 Å². The Morgan fingerprint density at radius 2 is 1.41 bits per heavy atom. The van der Waals surface area contributed by atoms with E-state index in [-0.39, 0.29) is 35.8 Å². The molecule has 2 unspecified atom stereocenters. The van der Waals surface area contributed by atoms with Crippen molar-refractivity contribution < 1.29 is 14.3 Å². The minimum atomic E-state index is -0.218. The number of carbonyl (C=O) groups excluding carboxylic acids is 2. The van der Waals surface area contributed by atoms with E-state index in [2.05, 4.69) is 68.4 Å². The first-order valence-electron chi connectivity index (χ1n) is 13.8. The number of carbonyl (C=O) groups is 2. The van der Waals surface area contributed by atoms with Gasteiger partial charge in [0.05, 0.1) is 0 Å². The Balaban J connectivity index is 1.17. The van der Waals surface area contributed by atoms with Crippen molar-refractivity contribution in [2.45, 2.75) is 69.9 Å². The molecule has 2 heterocycles. The number of piperidine rings is 2. The Morgan fingerprint density at radius 3 is 2.03 bits per heavy atom. The van der Waals surface area contributed by atoms with Gasteiger partial charge < -0.3 is 9.64 Å². The molecule has 3 aromatic rings. The smallest absolute Gasteiger partial charge is 0.410 e. The highest BCUT2D eigenvalue weighted by Crippen LogP contribution is 2.45. The Morgan fingerprint density at radius 1 is 0.838 bits per heavy atom. The minimum absolute atomic E-state index is 0.0344. The van der Waals surface area contributed by atoms with Gasteiger partial charge in [0, 0.05) is 29.5 Å². The zero-order valence-corrected chi connectivity index (χ0v) is 21.7. The molecule has 37 heavy (non-hydrogen) atoms. The number of ketones is 1. The highest BCUT2D eigenvalue weighted by atomic mass is 16.6. The lowest BCUT2D eigenvalue weighted by atomic mass is 9.75. The number of nitrogens with zero attached hydrogens (tertiary/aromatic N) is 1. The van der Waals surface area contributed by atoms with E-state index in [9.17, 15) is 9.59 Å². The van der Waals surface area contributed by atoms with Gasteiger partial charge in [0.25, 0.3) is 0 Å². The number of amides is 1. The topological polar surface area (TPSA) is 46.6 Å². The van der Waals surface area contributed by atoms with Gasteiger partial charge in [0.2, 0.25) is 0 Å². The van der Waals surface area contributed by atoms with Crippen LogP contribution in [0.2, 0.25) is 0 Å². The number of benzene rings is 3. The number of rotatable bonds is 5. The Kier molecular flexibility index (Phi) is 6.36. The quantitative estimate of drug-likeness (QED) is 0.344. The molecule has 190 valence electrons. The lowest BCUT2D eigenvalue weighted by Crippen LogP contribution is -2.56. The van der Waals surface area contributed by atoms with E-state index >= 15 is 0 Å². The van der Waals surface area contributed by atoms with Crippen LogP contribution in [0.15, 0.2) is 72.8 Å². The van der Waals surface area contributed by atoms with Gasteiger partial charge in [-0.3, -0.25) is 4.79 Å². The molecule has 0 N–H and O–H groups in total. The summed E-state index contributed by atoms with van der Waals surface area (Å²) in [5.74, 6) is 0.574. The van der Waals surface area contributed by atoms with Crippen molar-refractivity contribution in [2.24, 2.45) is 5.92 Å². The van der Waals surface area contributed by atoms with Crippen LogP contribution in [0.5, 0.6) is 0 Å². The number of hydrogen-bond donors (Lipinski definition) is 0. The summed E-state index contributed by atoms with van der Waals surface area (Å²) in [6.45, 7) is 4.62. The molecule has 2 aliphatic heterocycles. The van der Waals surface area contributed by atoms with E-state index < -0.39 is 0 Å². The zero-order valence-electron chi connectivity index (χ0n) is 21.7. The zero-order chi connectivity index (χ0) is 25.5. The van der Waals surface area contributed by atoms with Crippen LogP contribution in [0.1, 0.15) is 84.8 Å². The molecule has 2 saturated heterocycles. The average Bonchev–Trinajstić information content (AvgIpc) is 3.24. The van der Waals surface area contributed by atoms with Crippen molar-refractivity contribution in [1.29, 1.82) is 0 Å². The molecule has 4 heteroatoms. The monoisotopic (exact) mass is 493 g/mol. The predicted molar refractivity (Wildman–Crippen MR) is 146 cm³/mol. The maximum atomic E-state index is 13.6. The second-order valence-electron chi connectivity index (χ2n) is 11.2. The Labute approximate surface area is 219 Å². The standard InChI is InChI=1S/C33H35NO3/c1-21(2)25-12-3-8-17-30(25)32(35)22-18-23-10-9-11-24(19-22)34(23)33(36)37-20-31-28-15-6-4-13-26(28)27-14-5-7-16-29(27)31/h3-8,12-17,21-24,31H,9-11,18-20H2,1-2H3. The normalized spacial score (nSPS) is 22.5. The maximum absolute atomic E-state index is 13.6. The number of hydrogen-bond acceptors (Lipinski definition) is 3. The van der Waals surface area contributed by atoms with E-state index in [1.54, 1.807) is 0 Å². The molecule has 0 spiro atoms. The molecular weight excluding hydrogens is 458 g/mol. The van der Waals surface area contributed by atoms with E-state index in [0.29, 0.717) is 12.5 Å². The second kappa shape index (κ2) is 9.81. The number of Topliss-reactive ketones (excluding diaryl/α,β-unsaturated/α-hetero) is 1. The summed E-state index contributed by atoms with van der Waals surface area (Å²) in [4.78, 5) is 29.1. The van der Waals surface area contributed by atoms with Crippen LogP contribution < -0.4 is 0 Å². The molecule has 6 rings (SSSR count). The Hall–Kier alpha value is -3.40. The summed E-state index contributed by atoms with van der Waals surface area (Å²) in [7, 11) is 0. The molecule has 2 atom stereocenters. The third kappa shape index (κ3) is 4.27. The molecule has 2 bridgehead atoms. The van der Waals surface area contributed by atoms with Gasteiger partial charge in [-0.15, -0.1) is 0 Å². The highest BCUT2D eigenvalue weighted by molar-refractivity contribution is 5.99. The average molecular weight is 494 g/mol. The van der Waals surface area contributed by atoms with Gasteiger partial charge in [0.1, 0.15) is 6.61 Å². The summed E-state index contributed by atoms with van der Waals surface area (Å²) >= 11 is 0. The van der Waals surface area contributed by atoms with Gasteiger partial charge in [-0.1, -0.05) is 86.6 Å². The van der Waals surface area contributed by atoms with Crippen molar-refractivity contribution >= 4 is 11.9 Å². The van der Waals surface area contributed by atoms with Gasteiger partial charge >= 0.3 is 6.09 Å². The van der Waals surface area contributed by atoms with Crippen LogP contribution in [0.25, 0.3) is 11.1 Å². The molecule has 3 aliphatic rings. The van der Waals surface area contributed by atoms with Crippen molar-refractivity contribution in [1.82, 2.24) is 4.90 Å². The molecule has 1 aliphatic carbocycles. The largest absolute Gasteiger partial charge is 0.448 e. The van der Waals surface area contributed by atoms with E-state index in [4.69, 9.17) is 4.74 Å².